The number of unbranched alkanes of at least 4 members (excludes halogenated alkanes) is 9. The quantitative estimate of drug-likeness (QED) is 0.322. The van der Waals surface area contributed by atoms with E-state index in [-0.39, 0.29) is 0 Å². The molecule has 98 valence electrons. The van der Waals surface area contributed by atoms with Gasteiger partial charge in [-0.2, -0.15) is 12.6 Å². The SMILES string of the molecule is CC(C)CCCCCCCCCCCCS. The molecule has 0 nitrogen and oxygen atoms in total. The summed E-state index contributed by atoms with van der Waals surface area (Å²) in [6.07, 6.45) is 15.7. The van der Waals surface area contributed by atoms with Crippen molar-refractivity contribution in [3.05, 3.63) is 0 Å². The van der Waals surface area contributed by atoms with Crippen molar-refractivity contribution in [1.29, 1.82) is 0 Å². The monoisotopic (exact) mass is 244 g/mol. The van der Waals surface area contributed by atoms with Crippen molar-refractivity contribution in [2.75, 3.05) is 5.75 Å². The molecule has 16 heavy (non-hydrogen) atoms. The molecule has 0 aliphatic heterocycles. The average molecular weight is 244 g/mol. The lowest BCUT2D eigenvalue weighted by Crippen LogP contribution is -1.87. The van der Waals surface area contributed by atoms with Gasteiger partial charge in [0, 0.05) is 0 Å². The molecule has 0 fully saturated rings. The Kier molecular flexibility index (Phi) is 13.7. The van der Waals surface area contributed by atoms with E-state index in [2.05, 4.69) is 26.5 Å². The van der Waals surface area contributed by atoms with E-state index in [4.69, 9.17) is 0 Å². The Morgan fingerprint density at radius 2 is 1.00 bits per heavy atom. The lowest BCUT2D eigenvalue weighted by molar-refractivity contribution is 0.505. The number of thiol groups is 1. The van der Waals surface area contributed by atoms with Gasteiger partial charge in [-0.25, -0.2) is 0 Å². The van der Waals surface area contributed by atoms with Crippen LogP contribution in [-0.2, 0) is 0 Å². The third kappa shape index (κ3) is 14.4. The Labute approximate surface area is 109 Å². The van der Waals surface area contributed by atoms with Crippen LogP contribution in [0.4, 0.5) is 0 Å². The zero-order valence-electron chi connectivity index (χ0n) is 11.5. The molecule has 0 atom stereocenters. The van der Waals surface area contributed by atoms with E-state index in [9.17, 15) is 0 Å². The first-order valence-corrected chi connectivity index (χ1v) is 8.01. The van der Waals surface area contributed by atoms with E-state index in [0.717, 1.165) is 11.7 Å². The molecule has 0 aliphatic rings. The maximum atomic E-state index is 4.23. The highest BCUT2D eigenvalue weighted by Crippen LogP contribution is 2.13. The van der Waals surface area contributed by atoms with Crippen LogP contribution in [0.5, 0.6) is 0 Å². The first kappa shape index (κ1) is 16.4. The van der Waals surface area contributed by atoms with Crippen molar-refractivity contribution < 1.29 is 0 Å². The summed E-state index contributed by atoms with van der Waals surface area (Å²) in [5, 5.41) is 0. The van der Waals surface area contributed by atoms with Crippen molar-refractivity contribution >= 4 is 12.6 Å². The molecule has 0 spiro atoms. The molecule has 1 heteroatoms. The molecule has 0 aliphatic carbocycles. The van der Waals surface area contributed by atoms with E-state index < -0.39 is 0 Å². The highest BCUT2D eigenvalue weighted by molar-refractivity contribution is 7.80. The third-order valence-electron chi connectivity index (χ3n) is 3.19. The standard InChI is InChI=1S/C15H32S/c1-15(2)13-11-9-7-5-3-4-6-8-10-12-14-16/h15-16H,3-14H2,1-2H3. The molecule has 0 amide bonds. The predicted molar refractivity (Wildman–Crippen MR) is 79.5 cm³/mol. The van der Waals surface area contributed by atoms with Gasteiger partial charge in [0.1, 0.15) is 0 Å². The topological polar surface area (TPSA) is 0 Å². The molecule has 0 unspecified atom stereocenters. The molecule has 0 rings (SSSR count). The van der Waals surface area contributed by atoms with Gasteiger partial charge in [0.25, 0.3) is 0 Å². The Morgan fingerprint density at radius 1 is 0.625 bits per heavy atom. The minimum Gasteiger partial charge on any atom is -0.179 e. The number of hydrogen-bond acceptors (Lipinski definition) is 1. The van der Waals surface area contributed by atoms with Crippen LogP contribution in [0.2, 0.25) is 0 Å². The fraction of sp³-hybridized carbons (Fsp3) is 1.00. The van der Waals surface area contributed by atoms with Crippen LogP contribution >= 0.6 is 12.6 Å². The Bertz CT molecular complexity index is 121. The van der Waals surface area contributed by atoms with E-state index in [1.54, 1.807) is 0 Å². The second-order valence-corrected chi connectivity index (χ2v) is 5.89. The molecule has 0 N–H and O–H groups in total. The maximum absolute atomic E-state index is 4.23. The normalized spacial score (nSPS) is 11.2. The Morgan fingerprint density at radius 3 is 1.38 bits per heavy atom. The molecule has 0 heterocycles. The summed E-state index contributed by atoms with van der Waals surface area (Å²) in [6, 6.07) is 0. The third-order valence-corrected chi connectivity index (χ3v) is 3.51. The van der Waals surface area contributed by atoms with Gasteiger partial charge >= 0.3 is 0 Å². The van der Waals surface area contributed by atoms with E-state index in [0.29, 0.717) is 0 Å². The Hall–Kier alpha value is 0.350. The van der Waals surface area contributed by atoms with Crippen molar-refractivity contribution in [3.8, 4) is 0 Å². The minimum atomic E-state index is 0.895. The van der Waals surface area contributed by atoms with E-state index in [1.165, 1.54) is 70.6 Å². The van der Waals surface area contributed by atoms with Gasteiger partial charge < -0.3 is 0 Å². The van der Waals surface area contributed by atoms with Crippen LogP contribution in [0.1, 0.15) is 84.5 Å². The predicted octanol–water partition coefficient (Wildman–Crippen LogP) is 5.86. The van der Waals surface area contributed by atoms with E-state index in [1.807, 2.05) is 0 Å². The zero-order chi connectivity index (χ0) is 12.1. The highest BCUT2D eigenvalue weighted by atomic mass is 32.1. The van der Waals surface area contributed by atoms with Crippen LogP contribution in [0.3, 0.4) is 0 Å². The van der Waals surface area contributed by atoms with Gasteiger partial charge in [0.15, 0.2) is 0 Å². The van der Waals surface area contributed by atoms with Gasteiger partial charge in [-0.05, 0) is 18.1 Å². The summed E-state index contributed by atoms with van der Waals surface area (Å²) >= 11 is 4.23. The van der Waals surface area contributed by atoms with Crippen molar-refractivity contribution in [1.82, 2.24) is 0 Å². The lowest BCUT2D eigenvalue weighted by Gasteiger charge is -2.04. The summed E-state index contributed by atoms with van der Waals surface area (Å²) in [5.41, 5.74) is 0. The second-order valence-electron chi connectivity index (χ2n) is 5.44. The van der Waals surface area contributed by atoms with Crippen LogP contribution in [0, 0.1) is 5.92 Å². The van der Waals surface area contributed by atoms with Crippen LogP contribution in [0.25, 0.3) is 0 Å². The summed E-state index contributed by atoms with van der Waals surface area (Å²) in [4.78, 5) is 0. The van der Waals surface area contributed by atoms with Crippen molar-refractivity contribution in [3.63, 3.8) is 0 Å². The minimum absolute atomic E-state index is 0.895. The molecule has 0 aromatic rings. The molecule has 0 aromatic carbocycles. The van der Waals surface area contributed by atoms with Crippen molar-refractivity contribution in [2.24, 2.45) is 5.92 Å². The first-order valence-electron chi connectivity index (χ1n) is 7.38. The second kappa shape index (κ2) is 13.4. The molecule has 0 saturated heterocycles. The van der Waals surface area contributed by atoms with Crippen molar-refractivity contribution in [2.45, 2.75) is 84.5 Å². The maximum Gasteiger partial charge on any atom is -0.00979 e. The smallest absolute Gasteiger partial charge is 0.00979 e. The molecule has 0 radical (unpaired) electrons. The van der Waals surface area contributed by atoms with Crippen LogP contribution < -0.4 is 0 Å². The molecule has 0 aromatic heterocycles. The van der Waals surface area contributed by atoms with Crippen LogP contribution in [0.15, 0.2) is 0 Å². The summed E-state index contributed by atoms with van der Waals surface area (Å²) in [5.74, 6) is 1.96. The van der Waals surface area contributed by atoms with Crippen LogP contribution in [-0.4, -0.2) is 5.75 Å². The molecular formula is C15H32S. The van der Waals surface area contributed by atoms with Gasteiger partial charge in [-0.1, -0.05) is 78.1 Å². The highest BCUT2D eigenvalue weighted by Gasteiger charge is 1.95. The van der Waals surface area contributed by atoms with Gasteiger partial charge in [-0.3, -0.25) is 0 Å². The molecular weight excluding hydrogens is 212 g/mol. The summed E-state index contributed by atoms with van der Waals surface area (Å²) in [6.45, 7) is 4.65. The first-order chi connectivity index (χ1) is 7.77. The summed E-state index contributed by atoms with van der Waals surface area (Å²) < 4.78 is 0. The Balaban J connectivity index is 2.88. The largest absolute Gasteiger partial charge is 0.179 e. The fourth-order valence-electron chi connectivity index (χ4n) is 2.08. The van der Waals surface area contributed by atoms with Gasteiger partial charge in [0.05, 0.1) is 0 Å². The average Bonchev–Trinajstić information content (AvgIpc) is 2.25. The lowest BCUT2D eigenvalue weighted by atomic mass is 10.0. The fourth-order valence-corrected chi connectivity index (χ4v) is 2.30. The zero-order valence-corrected chi connectivity index (χ0v) is 12.4. The van der Waals surface area contributed by atoms with Gasteiger partial charge in [0.2, 0.25) is 0 Å². The van der Waals surface area contributed by atoms with E-state index >= 15 is 0 Å². The molecule has 0 saturated carbocycles. The number of rotatable bonds is 12. The summed E-state index contributed by atoms with van der Waals surface area (Å²) in [7, 11) is 0. The van der Waals surface area contributed by atoms with Gasteiger partial charge in [-0.15, -0.1) is 0 Å². The molecule has 0 bridgehead atoms. The number of hydrogen-bond donors (Lipinski definition) is 1.